The smallest absolute Gasteiger partial charge is 0.174 e. The molecule has 1 aromatic heterocycles. The van der Waals surface area contributed by atoms with E-state index >= 15 is 0 Å². The van der Waals surface area contributed by atoms with Crippen LogP contribution >= 0.6 is 15.9 Å². The molecule has 0 radical (unpaired) electrons. The Hall–Kier alpha value is -1.95. The van der Waals surface area contributed by atoms with E-state index in [0.29, 0.717) is 11.7 Å². The number of halogens is 1. The number of pyridine rings is 1. The van der Waals surface area contributed by atoms with Crippen LogP contribution in [0.2, 0.25) is 0 Å². The number of hydrogen-bond donors (Lipinski definition) is 0. The Morgan fingerprint density at radius 1 is 1.24 bits per heavy atom. The number of nitrogens with zero attached hydrogens (tertiary/aromatic N) is 4. The van der Waals surface area contributed by atoms with Crippen molar-refractivity contribution in [2.45, 2.75) is 27.2 Å². The van der Waals surface area contributed by atoms with E-state index in [2.05, 4.69) is 56.9 Å². The predicted molar refractivity (Wildman–Crippen MR) is 105 cm³/mol. The number of azo groups is 1. The van der Waals surface area contributed by atoms with Crippen LogP contribution < -0.4 is 9.64 Å². The van der Waals surface area contributed by atoms with Crippen LogP contribution in [0.1, 0.15) is 23.6 Å². The predicted octanol–water partition coefficient (Wildman–Crippen LogP) is 5.51. The molecule has 1 atom stereocenters. The zero-order valence-electron chi connectivity index (χ0n) is 15.3. The van der Waals surface area contributed by atoms with Gasteiger partial charge in [0.1, 0.15) is 5.75 Å². The lowest BCUT2D eigenvalue weighted by Crippen LogP contribution is -2.31. The van der Waals surface area contributed by atoms with Crippen LogP contribution in [0, 0.1) is 19.8 Å². The molecule has 1 aromatic carbocycles. The molecule has 1 aliphatic heterocycles. The molecule has 0 aliphatic carbocycles. The van der Waals surface area contributed by atoms with Gasteiger partial charge in [-0.1, -0.05) is 6.92 Å². The van der Waals surface area contributed by atoms with Crippen molar-refractivity contribution in [2.24, 2.45) is 16.1 Å². The van der Waals surface area contributed by atoms with Crippen LogP contribution in [0.15, 0.2) is 33.0 Å². The molecule has 0 saturated heterocycles. The van der Waals surface area contributed by atoms with Crippen molar-refractivity contribution in [1.82, 2.24) is 4.98 Å². The van der Waals surface area contributed by atoms with Crippen molar-refractivity contribution in [3.8, 4) is 5.75 Å². The maximum Gasteiger partial charge on any atom is 0.174 e. The molecule has 0 N–H and O–H groups in total. The zero-order valence-corrected chi connectivity index (χ0v) is 16.9. The summed E-state index contributed by atoms with van der Waals surface area (Å²) in [7, 11) is 3.85. The van der Waals surface area contributed by atoms with Gasteiger partial charge in [0.15, 0.2) is 5.82 Å². The SMILES string of the molecule is COc1c(C)c(N=Nc2ccc(Br)cn2)c(C)c2c1N(C)CC(C)C2. The number of rotatable bonds is 3. The summed E-state index contributed by atoms with van der Waals surface area (Å²) in [5.74, 6) is 2.08. The van der Waals surface area contributed by atoms with E-state index in [4.69, 9.17) is 4.74 Å². The summed E-state index contributed by atoms with van der Waals surface area (Å²) in [5.41, 5.74) is 5.56. The summed E-state index contributed by atoms with van der Waals surface area (Å²) in [6.07, 6.45) is 2.75. The van der Waals surface area contributed by atoms with Gasteiger partial charge < -0.3 is 9.64 Å². The van der Waals surface area contributed by atoms with E-state index < -0.39 is 0 Å². The summed E-state index contributed by atoms with van der Waals surface area (Å²) in [4.78, 5) is 6.55. The molecular formula is C19H23BrN4O. The molecule has 3 rings (SSSR count). The van der Waals surface area contributed by atoms with Gasteiger partial charge in [-0.15, -0.1) is 10.2 Å². The van der Waals surface area contributed by atoms with Crippen molar-refractivity contribution in [3.05, 3.63) is 39.5 Å². The first-order chi connectivity index (χ1) is 11.9. The van der Waals surface area contributed by atoms with E-state index in [0.717, 1.165) is 34.4 Å². The lowest BCUT2D eigenvalue weighted by atomic mass is 9.88. The Balaban J connectivity index is 2.11. The molecule has 1 unspecified atom stereocenters. The zero-order chi connectivity index (χ0) is 18.1. The fraction of sp³-hybridized carbons (Fsp3) is 0.421. The standard InChI is InChI=1S/C19H23BrN4O/c1-11-8-15-12(2)17(23-22-16-7-6-14(20)9-21-16)13(3)19(25-5)18(15)24(4)10-11/h6-7,9,11H,8,10H2,1-5H3. The summed E-state index contributed by atoms with van der Waals surface area (Å²) >= 11 is 3.38. The fourth-order valence-electron chi connectivity index (χ4n) is 3.58. The monoisotopic (exact) mass is 402 g/mol. The largest absolute Gasteiger partial charge is 0.494 e. The summed E-state index contributed by atoms with van der Waals surface area (Å²) < 4.78 is 6.67. The van der Waals surface area contributed by atoms with Gasteiger partial charge in [-0.3, -0.25) is 0 Å². The summed E-state index contributed by atoms with van der Waals surface area (Å²) in [5, 5.41) is 8.85. The minimum Gasteiger partial charge on any atom is -0.494 e. The first-order valence-corrected chi connectivity index (χ1v) is 9.16. The van der Waals surface area contributed by atoms with Crippen LogP contribution in [-0.4, -0.2) is 25.7 Å². The van der Waals surface area contributed by atoms with Crippen LogP contribution in [-0.2, 0) is 6.42 Å². The summed E-state index contributed by atoms with van der Waals surface area (Å²) in [6, 6.07) is 3.74. The number of methoxy groups -OCH3 is 1. The number of benzene rings is 1. The van der Waals surface area contributed by atoms with Gasteiger partial charge in [-0.05, 0) is 65.4 Å². The van der Waals surface area contributed by atoms with Crippen LogP contribution in [0.4, 0.5) is 17.2 Å². The Labute approximate surface area is 157 Å². The number of aromatic nitrogens is 1. The molecule has 25 heavy (non-hydrogen) atoms. The second-order valence-corrected chi connectivity index (χ2v) is 7.60. The molecule has 5 nitrogen and oxygen atoms in total. The third kappa shape index (κ3) is 3.40. The molecule has 0 bridgehead atoms. The maximum atomic E-state index is 5.75. The maximum absolute atomic E-state index is 5.75. The molecule has 2 heterocycles. The second-order valence-electron chi connectivity index (χ2n) is 6.68. The van der Waals surface area contributed by atoms with E-state index in [1.165, 1.54) is 16.8 Å². The molecule has 0 saturated carbocycles. The molecule has 0 amide bonds. The third-order valence-electron chi connectivity index (χ3n) is 4.69. The van der Waals surface area contributed by atoms with Gasteiger partial charge >= 0.3 is 0 Å². The number of fused-ring (bicyclic) bond motifs is 1. The van der Waals surface area contributed by atoms with Gasteiger partial charge in [0, 0.05) is 29.8 Å². The third-order valence-corrected chi connectivity index (χ3v) is 5.16. The lowest BCUT2D eigenvalue weighted by molar-refractivity contribution is 0.407. The molecule has 132 valence electrons. The van der Waals surface area contributed by atoms with Gasteiger partial charge in [0.05, 0.1) is 18.5 Å². The topological polar surface area (TPSA) is 50.1 Å². The summed E-state index contributed by atoms with van der Waals surface area (Å²) in [6.45, 7) is 7.48. The number of hydrogen-bond acceptors (Lipinski definition) is 5. The highest BCUT2D eigenvalue weighted by Gasteiger charge is 2.28. The van der Waals surface area contributed by atoms with E-state index in [9.17, 15) is 0 Å². The quantitative estimate of drug-likeness (QED) is 0.635. The Kier molecular flexibility index (Phi) is 5.08. The lowest BCUT2D eigenvalue weighted by Gasteiger charge is -2.35. The molecule has 0 spiro atoms. The molecule has 2 aromatic rings. The second kappa shape index (κ2) is 7.12. The number of anilines is 1. The Morgan fingerprint density at radius 3 is 2.64 bits per heavy atom. The van der Waals surface area contributed by atoms with E-state index in [1.54, 1.807) is 13.3 Å². The molecule has 6 heteroatoms. The van der Waals surface area contributed by atoms with Crippen molar-refractivity contribution in [2.75, 3.05) is 25.6 Å². The van der Waals surface area contributed by atoms with Crippen molar-refractivity contribution >= 4 is 33.1 Å². The van der Waals surface area contributed by atoms with Gasteiger partial charge in [0.25, 0.3) is 0 Å². The molecule has 1 aliphatic rings. The Bertz CT molecular complexity index is 817. The highest BCUT2D eigenvalue weighted by molar-refractivity contribution is 9.10. The van der Waals surface area contributed by atoms with Crippen LogP contribution in [0.5, 0.6) is 5.75 Å². The first-order valence-electron chi connectivity index (χ1n) is 8.36. The van der Waals surface area contributed by atoms with Crippen molar-refractivity contribution in [3.63, 3.8) is 0 Å². The van der Waals surface area contributed by atoms with Gasteiger partial charge in [0.2, 0.25) is 0 Å². The van der Waals surface area contributed by atoms with Crippen molar-refractivity contribution < 1.29 is 4.74 Å². The van der Waals surface area contributed by atoms with E-state index in [-0.39, 0.29) is 0 Å². The molecular weight excluding hydrogens is 380 g/mol. The normalized spacial score (nSPS) is 17.0. The van der Waals surface area contributed by atoms with Gasteiger partial charge in [-0.2, -0.15) is 0 Å². The highest BCUT2D eigenvalue weighted by Crippen LogP contribution is 2.46. The number of ether oxygens (including phenoxy) is 1. The molecule has 0 fully saturated rings. The van der Waals surface area contributed by atoms with Gasteiger partial charge in [-0.25, -0.2) is 4.98 Å². The van der Waals surface area contributed by atoms with E-state index in [1.807, 2.05) is 19.1 Å². The highest BCUT2D eigenvalue weighted by atomic mass is 79.9. The minimum absolute atomic E-state index is 0.587. The fourth-order valence-corrected chi connectivity index (χ4v) is 3.81. The average Bonchev–Trinajstić information content (AvgIpc) is 2.57. The Morgan fingerprint density at radius 2 is 2.00 bits per heavy atom. The van der Waals surface area contributed by atoms with Crippen molar-refractivity contribution in [1.29, 1.82) is 0 Å². The van der Waals surface area contributed by atoms with Crippen LogP contribution in [0.3, 0.4) is 0 Å². The first kappa shape index (κ1) is 17.9. The average molecular weight is 403 g/mol. The van der Waals surface area contributed by atoms with Crippen LogP contribution in [0.25, 0.3) is 0 Å². The minimum atomic E-state index is 0.587.